The topological polar surface area (TPSA) is 119 Å². The number of benzene rings is 1. The number of carbonyl (C=O) groups is 3. The van der Waals surface area contributed by atoms with E-state index in [2.05, 4.69) is 10.4 Å². The molecular formula is C17H16N5O4. The molecule has 1 aromatic heterocycles. The third kappa shape index (κ3) is 3.72. The Morgan fingerprint density at radius 2 is 1.96 bits per heavy atom. The first kappa shape index (κ1) is 17.2. The highest BCUT2D eigenvalue weighted by molar-refractivity contribution is 5.97. The molecule has 26 heavy (non-hydrogen) atoms. The molecule has 133 valence electrons. The van der Waals surface area contributed by atoms with E-state index < -0.39 is 24.0 Å². The van der Waals surface area contributed by atoms with Gasteiger partial charge in [-0.25, -0.2) is 19.5 Å². The molecule has 1 aliphatic rings. The Labute approximate surface area is 149 Å². The molecule has 0 saturated carbocycles. The van der Waals surface area contributed by atoms with E-state index in [1.165, 1.54) is 12.5 Å². The van der Waals surface area contributed by atoms with Gasteiger partial charge in [0, 0.05) is 0 Å². The second-order valence-corrected chi connectivity index (χ2v) is 5.47. The molecule has 1 radical (unpaired) electrons. The highest BCUT2D eigenvalue weighted by atomic mass is 16.3. The van der Waals surface area contributed by atoms with Crippen molar-refractivity contribution in [3.8, 4) is 0 Å². The number of imide groups is 1. The number of hydrazone groups is 1. The molecule has 9 heteroatoms. The monoisotopic (exact) mass is 354 g/mol. The van der Waals surface area contributed by atoms with Crippen LogP contribution in [-0.4, -0.2) is 47.2 Å². The van der Waals surface area contributed by atoms with Gasteiger partial charge in [-0.2, -0.15) is 5.10 Å². The summed E-state index contributed by atoms with van der Waals surface area (Å²) in [4.78, 5) is 37.2. The minimum atomic E-state index is -1.14. The Morgan fingerprint density at radius 1 is 1.19 bits per heavy atom. The minimum Gasteiger partial charge on any atom is -0.463 e. The molecule has 2 N–H and O–H groups in total. The standard InChI is InChI=1S/C17H16N5O4/c18-15(23)14(12-5-2-1-3-6-12)20-16(24)21-8-9-22(17(21)25)19-11-13-7-4-10-26-13/h1-7,10-11,14,18H,8-9H2,(H,20,24)/b19-11+. The van der Waals surface area contributed by atoms with Gasteiger partial charge in [-0.3, -0.25) is 10.5 Å². The molecule has 3 rings (SSSR count). The second kappa shape index (κ2) is 7.51. The predicted octanol–water partition coefficient (Wildman–Crippen LogP) is 1.61. The quantitative estimate of drug-likeness (QED) is 0.820. The van der Waals surface area contributed by atoms with Gasteiger partial charge >= 0.3 is 12.1 Å². The number of carbonyl (C=O) groups excluding carboxylic acids is 3. The molecule has 0 spiro atoms. The lowest BCUT2D eigenvalue weighted by atomic mass is 10.1. The van der Waals surface area contributed by atoms with Crippen LogP contribution in [0.3, 0.4) is 0 Å². The molecule has 9 nitrogen and oxygen atoms in total. The Bertz CT molecular complexity index is 819. The molecule has 1 aromatic carbocycles. The van der Waals surface area contributed by atoms with E-state index in [0.717, 1.165) is 9.91 Å². The first-order valence-electron chi connectivity index (χ1n) is 7.83. The fourth-order valence-corrected chi connectivity index (χ4v) is 2.46. The van der Waals surface area contributed by atoms with Gasteiger partial charge in [0.25, 0.3) is 5.91 Å². The van der Waals surface area contributed by atoms with Crippen molar-refractivity contribution in [3.05, 3.63) is 60.1 Å². The Kier molecular flexibility index (Phi) is 4.97. The number of nitrogens with zero attached hydrogens (tertiary/aromatic N) is 3. The Morgan fingerprint density at radius 3 is 2.62 bits per heavy atom. The SMILES string of the molecule is [NH]C(=O)C(NC(=O)N1CCN(/N=C/c2ccco2)C1=O)c1ccccc1. The van der Waals surface area contributed by atoms with Gasteiger partial charge < -0.3 is 9.73 Å². The minimum absolute atomic E-state index is 0.119. The molecule has 1 saturated heterocycles. The van der Waals surface area contributed by atoms with Crippen molar-refractivity contribution in [3.63, 3.8) is 0 Å². The molecule has 5 amide bonds. The lowest BCUT2D eigenvalue weighted by Crippen LogP contribution is -2.45. The lowest BCUT2D eigenvalue weighted by molar-refractivity contribution is -0.120. The molecule has 1 fully saturated rings. The zero-order valence-corrected chi connectivity index (χ0v) is 13.7. The van der Waals surface area contributed by atoms with Crippen LogP contribution in [0.15, 0.2) is 58.2 Å². The van der Waals surface area contributed by atoms with E-state index in [4.69, 9.17) is 10.2 Å². The maximum atomic E-state index is 12.4. The summed E-state index contributed by atoms with van der Waals surface area (Å²) in [5.41, 5.74) is 7.84. The molecule has 1 aliphatic heterocycles. The predicted molar refractivity (Wildman–Crippen MR) is 90.9 cm³/mol. The highest BCUT2D eigenvalue weighted by Gasteiger charge is 2.35. The first-order valence-corrected chi connectivity index (χ1v) is 7.83. The first-order chi connectivity index (χ1) is 12.6. The van der Waals surface area contributed by atoms with Crippen LogP contribution in [-0.2, 0) is 4.79 Å². The summed E-state index contributed by atoms with van der Waals surface area (Å²) >= 11 is 0. The maximum absolute atomic E-state index is 12.4. The summed E-state index contributed by atoms with van der Waals surface area (Å²) in [5, 5.41) is 7.55. The number of furan rings is 1. The molecule has 2 aromatic rings. The fourth-order valence-electron chi connectivity index (χ4n) is 2.46. The molecule has 2 heterocycles. The zero-order chi connectivity index (χ0) is 18.5. The number of nitrogens with one attached hydrogen (secondary N) is 2. The van der Waals surface area contributed by atoms with E-state index in [0.29, 0.717) is 11.3 Å². The second-order valence-electron chi connectivity index (χ2n) is 5.47. The summed E-state index contributed by atoms with van der Waals surface area (Å²) in [7, 11) is 0. The van der Waals surface area contributed by atoms with Crippen molar-refractivity contribution < 1.29 is 18.8 Å². The Hall–Kier alpha value is -3.62. The summed E-state index contributed by atoms with van der Waals surface area (Å²) in [6.45, 7) is 0.335. The van der Waals surface area contributed by atoms with Crippen LogP contribution in [0.5, 0.6) is 0 Å². The highest BCUT2D eigenvalue weighted by Crippen LogP contribution is 2.15. The van der Waals surface area contributed by atoms with E-state index >= 15 is 0 Å². The fraction of sp³-hybridized carbons (Fsp3) is 0.176. The van der Waals surface area contributed by atoms with Crippen molar-refractivity contribution in [1.82, 2.24) is 21.0 Å². The van der Waals surface area contributed by atoms with Crippen molar-refractivity contribution in [2.24, 2.45) is 5.10 Å². The van der Waals surface area contributed by atoms with Crippen LogP contribution in [0.4, 0.5) is 9.59 Å². The average Bonchev–Trinajstić information content (AvgIpc) is 3.28. The van der Waals surface area contributed by atoms with E-state index in [-0.39, 0.29) is 13.1 Å². The number of amides is 5. The largest absolute Gasteiger partial charge is 0.463 e. The van der Waals surface area contributed by atoms with E-state index in [1.807, 2.05) is 0 Å². The van der Waals surface area contributed by atoms with Gasteiger partial charge in [0.15, 0.2) is 0 Å². The summed E-state index contributed by atoms with van der Waals surface area (Å²) in [6, 6.07) is 9.27. The van der Waals surface area contributed by atoms with Crippen molar-refractivity contribution in [2.45, 2.75) is 6.04 Å². The summed E-state index contributed by atoms with van der Waals surface area (Å²) < 4.78 is 5.09. The van der Waals surface area contributed by atoms with Gasteiger partial charge in [-0.15, -0.1) is 0 Å². The van der Waals surface area contributed by atoms with Gasteiger partial charge in [-0.05, 0) is 17.7 Å². The van der Waals surface area contributed by atoms with Crippen LogP contribution in [0.1, 0.15) is 17.4 Å². The lowest BCUT2D eigenvalue weighted by Gasteiger charge is -2.19. The maximum Gasteiger partial charge on any atom is 0.348 e. The molecule has 0 bridgehead atoms. The van der Waals surface area contributed by atoms with Crippen LogP contribution < -0.4 is 11.1 Å². The third-order valence-corrected chi connectivity index (χ3v) is 3.76. The van der Waals surface area contributed by atoms with Crippen LogP contribution in [0, 0.1) is 0 Å². The van der Waals surface area contributed by atoms with Gasteiger partial charge in [-0.1, -0.05) is 30.3 Å². The van der Waals surface area contributed by atoms with Gasteiger partial charge in [0.05, 0.1) is 25.6 Å². The summed E-state index contributed by atoms with van der Waals surface area (Å²) in [6.07, 6.45) is 2.86. The molecule has 0 aliphatic carbocycles. The van der Waals surface area contributed by atoms with E-state index in [1.54, 1.807) is 42.5 Å². The Balaban J connectivity index is 1.66. The number of hydrogen-bond acceptors (Lipinski definition) is 5. The van der Waals surface area contributed by atoms with Crippen LogP contribution in [0.2, 0.25) is 0 Å². The van der Waals surface area contributed by atoms with Crippen molar-refractivity contribution in [1.29, 1.82) is 0 Å². The molecule has 1 atom stereocenters. The van der Waals surface area contributed by atoms with Crippen molar-refractivity contribution >= 4 is 24.2 Å². The number of rotatable bonds is 5. The third-order valence-electron chi connectivity index (χ3n) is 3.76. The van der Waals surface area contributed by atoms with E-state index in [9.17, 15) is 14.4 Å². The molecule has 1 unspecified atom stereocenters. The smallest absolute Gasteiger partial charge is 0.348 e. The van der Waals surface area contributed by atoms with Gasteiger partial charge in [0.2, 0.25) is 0 Å². The number of urea groups is 2. The number of hydrogen-bond donors (Lipinski definition) is 1. The normalized spacial score (nSPS) is 15.5. The van der Waals surface area contributed by atoms with Crippen molar-refractivity contribution in [2.75, 3.05) is 13.1 Å². The summed E-state index contributed by atoms with van der Waals surface area (Å²) in [5.74, 6) is -0.492. The van der Waals surface area contributed by atoms with Crippen LogP contribution >= 0.6 is 0 Å². The zero-order valence-electron chi connectivity index (χ0n) is 13.7. The molecular weight excluding hydrogens is 338 g/mol. The van der Waals surface area contributed by atoms with Crippen LogP contribution in [0.25, 0.3) is 0 Å². The van der Waals surface area contributed by atoms with Gasteiger partial charge in [0.1, 0.15) is 11.8 Å². The average molecular weight is 354 g/mol.